The number of anilines is 1. The normalized spacial score (nSPS) is 10.8. The van der Waals surface area contributed by atoms with Crippen LogP contribution in [-0.4, -0.2) is 15.7 Å². The Labute approximate surface area is 145 Å². The van der Waals surface area contributed by atoms with E-state index in [0.717, 1.165) is 16.8 Å². The van der Waals surface area contributed by atoms with E-state index in [4.69, 9.17) is 16.0 Å². The Kier molecular flexibility index (Phi) is 4.44. The van der Waals surface area contributed by atoms with E-state index >= 15 is 0 Å². The van der Waals surface area contributed by atoms with Crippen LogP contribution < -0.4 is 5.32 Å². The van der Waals surface area contributed by atoms with Crippen molar-refractivity contribution >= 4 is 23.2 Å². The molecule has 0 aliphatic heterocycles. The van der Waals surface area contributed by atoms with Crippen molar-refractivity contribution in [1.29, 1.82) is 0 Å². The molecule has 3 rings (SSSR count). The van der Waals surface area contributed by atoms with Crippen LogP contribution in [0.15, 0.2) is 41.1 Å². The van der Waals surface area contributed by atoms with Crippen molar-refractivity contribution in [2.24, 2.45) is 0 Å². The maximum atomic E-state index is 12.4. The highest BCUT2D eigenvalue weighted by Gasteiger charge is 2.14. The summed E-state index contributed by atoms with van der Waals surface area (Å²) in [4.78, 5) is 12.4. The molecule has 1 N–H and O–H groups in total. The second-order valence-corrected chi connectivity index (χ2v) is 6.29. The van der Waals surface area contributed by atoms with Crippen LogP contribution >= 0.6 is 11.6 Å². The van der Waals surface area contributed by atoms with Gasteiger partial charge in [0.05, 0.1) is 17.8 Å². The Bertz CT molecular complexity index is 872. The Balaban J connectivity index is 1.74. The molecule has 5 nitrogen and oxygen atoms in total. The molecule has 0 bridgehead atoms. The quantitative estimate of drug-likeness (QED) is 0.765. The largest absolute Gasteiger partial charge is 0.454 e. The number of aromatic nitrogens is 2. The molecule has 0 radical (unpaired) electrons. The van der Waals surface area contributed by atoms with E-state index in [1.807, 2.05) is 32.9 Å². The molecule has 0 aliphatic carbocycles. The molecule has 2 aromatic heterocycles. The van der Waals surface area contributed by atoms with E-state index in [2.05, 4.69) is 10.4 Å². The lowest BCUT2D eigenvalue weighted by molar-refractivity contribution is 0.0994. The Morgan fingerprint density at radius 3 is 2.58 bits per heavy atom. The van der Waals surface area contributed by atoms with Crippen LogP contribution in [0.3, 0.4) is 0 Å². The van der Waals surface area contributed by atoms with Crippen LogP contribution in [0, 0.1) is 20.8 Å². The lowest BCUT2D eigenvalue weighted by Crippen LogP contribution is -2.13. The third kappa shape index (κ3) is 3.51. The number of furan rings is 1. The number of hydrogen-bond donors (Lipinski definition) is 1. The van der Waals surface area contributed by atoms with Crippen molar-refractivity contribution in [2.75, 3.05) is 5.32 Å². The average Bonchev–Trinajstić information content (AvgIpc) is 3.12. The van der Waals surface area contributed by atoms with Gasteiger partial charge in [-0.05, 0) is 44.0 Å². The second-order valence-electron chi connectivity index (χ2n) is 5.85. The van der Waals surface area contributed by atoms with Gasteiger partial charge in [0.15, 0.2) is 5.76 Å². The molecule has 1 aromatic carbocycles. The van der Waals surface area contributed by atoms with E-state index in [1.54, 1.807) is 29.2 Å². The van der Waals surface area contributed by atoms with Crippen molar-refractivity contribution < 1.29 is 9.21 Å². The number of amides is 1. The summed E-state index contributed by atoms with van der Waals surface area (Å²) in [5.41, 5.74) is 4.04. The fraction of sp³-hybridized carbons (Fsp3) is 0.222. The molecule has 0 fully saturated rings. The highest BCUT2D eigenvalue weighted by atomic mass is 35.5. The predicted molar refractivity (Wildman–Crippen MR) is 93.7 cm³/mol. The number of nitrogens with one attached hydrogen (secondary N) is 1. The molecular formula is C18H18ClN3O2. The predicted octanol–water partition coefficient (Wildman–Crippen LogP) is 4.36. The third-order valence-corrected chi connectivity index (χ3v) is 3.92. The number of halogens is 1. The number of carbonyl (C=O) groups excluding carboxylic acids is 1. The summed E-state index contributed by atoms with van der Waals surface area (Å²) >= 11 is 5.84. The highest BCUT2D eigenvalue weighted by molar-refractivity contribution is 6.30. The molecule has 124 valence electrons. The molecule has 0 saturated heterocycles. The van der Waals surface area contributed by atoms with Gasteiger partial charge in [-0.15, -0.1) is 0 Å². The van der Waals surface area contributed by atoms with Gasteiger partial charge < -0.3 is 9.73 Å². The SMILES string of the molecule is Cc1cc(C)c(NC(=O)c2ccc(Cn3cc(Cl)cn3)o2)c(C)c1. The minimum Gasteiger partial charge on any atom is -0.454 e. The van der Waals surface area contributed by atoms with Gasteiger partial charge >= 0.3 is 0 Å². The minimum atomic E-state index is -0.269. The summed E-state index contributed by atoms with van der Waals surface area (Å²) < 4.78 is 7.27. The molecule has 1 amide bonds. The van der Waals surface area contributed by atoms with Gasteiger partial charge in [-0.2, -0.15) is 5.10 Å². The van der Waals surface area contributed by atoms with Crippen molar-refractivity contribution in [3.8, 4) is 0 Å². The van der Waals surface area contributed by atoms with Gasteiger partial charge in [-0.1, -0.05) is 29.3 Å². The van der Waals surface area contributed by atoms with Gasteiger partial charge in [0.2, 0.25) is 0 Å². The first-order chi connectivity index (χ1) is 11.4. The van der Waals surface area contributed by atoms with E-state index in [9.17, 15) is 4.79 Å². The fourth-order valence-electron chi connectivity index (χ4n) is 2.72. The maximum absolute atomic E-state index is 12.4. The summed E-state index contributed by atoms with van der Waals surface area (Å²) in [5, 5.41) is 7.58. The standard InChI is InChI=1S/C18H18ClN3O2/c1-11-6-12(2)17(13(3)7-11)21-18(23)16-5-4-15(24-16)10-22-9-14(19)8-20-22/h4-9H,10H2,1-3H3,(H,21,23). The van der Waals surface area contributed by atoms with Crippen LogP contribution in [-0.2, 0) is 6.54 Å². The molecule has 6 heteroatoms. The van der Waals surface area contributed by atoms with Crippen LogP contribution in [0.2, 0.25) is 5.02 Å². The van der Waals surface area contributed by atoms with Gasteiger partial charge in [-0.25, -0.2) is 0 Å². The van der Waals surface area contributed by atoms with Crippen LogP contribution in [0.4, 0.5) is 5.69 Å². The molecule has 0 unspecified atom stereocenters. The number of aryl methyl sites for hydroxylation is 3. The molecule has 2 heterocycles. The summed E-state index contributed by atoms with van der Waals surface area (Å²) in [7, 11) is 0. The first kappa shape index (κ1) is 16.3. The molecule has 0 spiro atoms. The number of hydrogen-bond acceptors (Lipinski definition) is 3. The van der Waals surface area contributed by atoms with E-state index in [1.165, 1.54) is 5.56 Å². The molecule has 0 atom stereocenters. The van der Waals surface area contributed by atoms with Gasteiger partial charge in [0, 0.05) is 11.9 Å². The van der Waals surface area contributed by atoms with Gasteiger partial charge in [0.1, 0.15) is 5.76 Å². The second kappa shape index (κ2) is 6.53. The number of rotatable bonds is 4. The Morgan fingerprint density at radius 2 is 1.96 bits per heavy atom. The Morgan fingerprint density at radius 1 is 1.25 bits per heavy atom. The molecule has 0 aliphatic rings. The first-order valence-electron chi connectivity index (χ1n) is 7.58. The molecule has 3 aromatic rings. The van der Waals surface area contributed by atoms with E-state index < -0.39 is 0 Å². The zero-order chi connectivity index (χ0) is 17.3. The minimum absolute atomic E-state index is 0.266. The van der Waals surface area contributed by atoms with E-state index in [0.29, 0.717) is 17.3 Å². The number of benzene rings is 1. The zero-order valence-corrected chi connectivity index (χ0v) is 14.5. The average molecular weight is 344 g/mol. The Hall–Kier alpha value is -2.53. The summed E-state index contributed by atoms with van der Waals surface area (Å²) in [6.45, 7) is 6.41. The van der Waals surface area contributed by atoms with Crippen LogP contribution in [0.1, 0.15) is 33.0 Å². The smallest absolute Gasteiger partial charge is 0.291 e. The lowest BCUT2D eigenvalue weighted by Gasteiger charge is -2.11. The fourth-order valence-corrected chi connectivity index (χ4v) is 2.88. The summed E-state index contributed by atoms with van der Waals surface area (Å²) in [6.07, 6.45) is 3.25. The van der Waals surface area contributed by atoms with Gasteiger partial charge in [0.25, 0.3) is 5.91 Å². The molecular weight excluding hydrogens is 326 g/mol. The van der Waals surface area contributed by atoms with Crippen LogP contribution in [0.25, 0.3) is 0 Å². The van der Waals surface area contributed by atoms with Crippen molar-refractivity contribution in [1.82, 2.24) is 9.78 Å². The van der Waals surface area contributed by atoms with Gasteiger partial charge in [-0.3, -0.25) is 9.48 Å². The number of nitrogens with zero attached hydrogens (tertiary/aromatic N) is 2. The van der Waals surface area contributed by atoms with Crippen molar-refractivity contribution in [3.05, 3.63) is 69.9 Å². The monoisotopic (exact) mass is 343 g/mol. The number of carbonyl (C=O) groups is 1. The third-order valence-electron chi connectivity index (χ3n) is 3.72. The van der Waals surface area contributed by atoms with Crippen molar-refractivity contribution in [2.45, 2.75) is 27.3 Å². The first-order valence-corrected chi connectivity index (χ1v) is 7.96. The lowest BCUT2D eigenvalue weighted by atomic mass is 10.1. The zero-order valence-electron chi connectivity index (χ0n) is 13.8. The summed E-state index contributed by atoms with van der Waals surface area (Å²) in [5.74, 6) is 0.634. The highest BCUT2D eigenvalue weighted by Crippen LogP contribution is 2.23. The van der Waals surface area contributed by atoms with E-state index in [-0.39, 0.29) is 11.7 Å². The summed E-state index contributed by atoms with van der Waals surface area (Å²) in [6, 6.07) is 7.50. The molecule has 24 heavy (non-hydrogen) atoms. The molecule has 0 saturated carbocycles. The maximum Gasteiger partial charge on any atom is 0.291 e. The van der Waals surface area contributed by atoms with Crippen molar-refractivity contribution in [3.63, 3.8) is 0 Å². The topological polar surface area (TPSA) is 60.1 Å². The van der Waals surface area contributed by atoms with Crippen LogP contribution in [0.5, 0.6) is 0 Å².